The highest BCUT2D eigenvalue weighted by molar-refractivity contribution is 7.91. The SMILES string of the molecule is CC1=C(C(=O)N2CCCC(CNS(=O)(=O)c3cccs3)C2)OCCO1. The van der Waals surface area contributed by atoms with Crippen LogP contribution < -0.4 is 4.72 Å². The van der Waals surface area contributed by atoms with Crippen LogP contribution in [-0.2, 0) is 24.3 Å². The van der Waals surface area contributed by atoms with Crippen molar-refractivity contribution < 1.29 is 22.7 Å². The molecular formula is C16H22N2O5S2. The molecule has 9 heteroatoms. The summed E-state index contributed by atoms with van der Waals surface area (Å²) in [6, 6.07) is 3.29. The number of nitrogens with zero attached hydrogens (tertiary/aromatic N) is 1. The minimum Gasteiger partial charge on any atom is -0.491 e. The molecule has 1 atom stereocenters. The molecule has 2 aliphatic rings. The molecule has 25 heavy (non-hydrogen) atoms. The summed E-state index contributed by atoms with van der Waals surface area (Å²) in [4.78, 5) is 14.3. The Morgan fingerprint density at radius 3 is 2.92 bits per heavy atom. The molecule has 0 aromatic carbocycles. The lowest BCUT2D eigenvalue weighted by Gasteiger charge is -2.34. The van der Waals surface area contributed by atoms with Crippen molar-refractivity contribution in [2.45, 2.75) is 24.0 Å². The lowest BCUT2D eigenvalue weighted by atomic mass is 9.98. The molecule has 0 radical (unpaired) electrons. The number of hydrogen-bond acceptors (Lipinski definition) is 6. The van der Waals surface area contributed by atoms with Gasteiger partial charge in [0.1, 0.15) is 23.2 Å². The first-order valence-corrected chi connectivity index (χ1v) is 10.6. The van der Waals surface area contributed by atoms with Crippen molar-refractivity contribution in [2.75, 3.05) is 32.8 Å². The number of allylic oxidation sites excluding steroid dienone is 1. The minimum absolute atomic E-state index is 0.0813. The second-order valence-corrected chi connectivity index (χ2v) is 9.07. The van der Waals surface area contributed by atoms with Crippen molar-refractivity contribution >= 4 is 27.3 Å². The monoisotopic (exact) mass is 386 g/mol. The number of carbonyl (C=O) groups excluding carboxylic acids is 1. The van der Waals surface area contributed by atoms with Crippen molar-refractivity contribution in [1.82, 2.24) is 9.62 Å². The summed E-state index contributed by atoms with van der Waals surface area (Å²) in [6.07, 6.45) is 1.72. The molecule has 2 aliphatic heterocycles. The molecule has 3 heterocycles. The molecule has 1 saturated heterocycles. The Morgan fingerprint density at radius 2 is 2.20 bits per heavy atom. The Bertz CT molecular complexity index is 743. The molecule has 1 aromatic heterocycles. The zero-order valence-corrected chi connectivity index (χ0v) is 15.7. The van der Waals surface area contributed by atoms with Crippen LogP contribution in [0.1, 0.15) is 19.8 Å². The number of rotatable bonds is 5. The number of nitrogens with one attached hydrogen (secondary N) is 1. The van der Waals surface area contributed by atoms with E-state index in [0.29, 0.717) is 42.8 Å². The van der Waals surface area contributed by atoms with E-state index >= 15 is 0 Å². The van der Waals surface area contributed by atoms with Gasteiger partial charge in [0.2, 0.25) is 15.8 Å². The van der Waals surface area contributed by atoms with Gasteiger partial charge in [-0.25, -0.2) is 13.1 Å². The number of sulfonamides is 1. The summed E-state index contributed by atoms with van der Waals surface area (Å²) in [5.41, 5.74) is 0. The lowest BCUT2D eigenvalue weighted by molar-refractivity contribution is -0.134. The Kier molecular flexibility index (Phi) is 5.65. The number of amides is 1. The van der Waals surface area contributed by atoms with E-state index in [1.54, 1.807) is 29.3 Å². The van der Waals surface area contributed by atoms with Gasteiger partial charge in [-0.05, 0) is 37.1 Å². The van der Waals surface area contributed by atoms with Crippen LogP contribution in [0.5, 0.6) is 0 Å². The lowest BCUT2D eigenvalue weighted by Crippen LogP contribution is -2.45. The van der Waals surface area contributed by atoms with Crippen LogP contribution in [0, 0.1) is 5.92 Å². The van der Waals surface area contributed by atoms with Gasteiger partial charge in [0.25, 0.3) is 5.91 Å². The van der Waals surface area contributed by atoms with Gasteiger partial charge in [-0.2, -0.15) is 0 Å². The third-order valence-electron chi connectivity index (χ3n) is 4.29. The van der Waals surface area contributed by atoms with Crippen molar-refractivity contribution in [3.63, 3.8) is 0 Å². The average Bonchev–Trinajstić information content (AvgIpc) is 3.16. The fourth-order valence-corrected chi connectivity index (χ4v) is 5.15. The summed E-state index contributed by atoms with van der Waals surface area (Å²) >= 11 is 1.19. The van der Waals surface area contributed by atoms with Crippen molar-refractivity contribution in [3.05, 3.63) is 29.0 Å². The van der Waals surface area contributed by atoms with Gasteiger partial charge in [-0.3, -0.25) is 4.79 Å². The van der Waals surface area contributed by atoms with E-state index in [-0.39, 0.29) is 17.6 Å². The van der Waals surface area contributed by atoms with Gasteiger partial charge in [-0.1, -0.05) is 6.07 Å². The predicted octanol–water partition coefficient (Wildman–Crippen LogP) is 1.54. The molecule has 0 bridgehead atoms. The van der Waals surface area contributed by atoms with Crippen molar-refractivity contribution in [1.29, 1.82) is 0 Å². The summed E-state index contributed by atoms with van der Waals surface area (Å²) < 4.78 is 38.2. The maximum Gasteiger partial charge on any atom is 0.292 e. The first-order chi connectivity index (χ1) is 12.0. The Labute approximate surface area is 151 Å². The van der Waals surface area contributed by atoms with Crippen LogP contribution in [0.3, 0.4) is 0 Å². The standard InChI is InChI=1S/C16H22N2O5S2/c1-12-15(23-8-7-22-12)16(19)18-6-2-4-13(11-18)10-17-25(20,21)14-5-3-9-24-14/h3,5,9,13,17H,2,4,6-8,10-11H2,1H3. The number of ether oxygens (including phenoxy) is 2. The highest BCUT2D eigenvalue weighted by Crippen LogP contribution is 2.22. The molecule has 1 amide bonds. The molecule has 0 saturated carbocycles. The zero-order valence-electron chi connectivity index (χ0n) is 14.1. The van der Waals surface area contributed by atoms with E-state index in [1.807, 2.05) is 0 Å². The fraction of sp³-hybridized carbons (Fsp3) is 0.562. The minimum atomic E-state index is -3.47. The highest BCUT2D eigenvalue weighted by atomic mass is 32.2. The quantitative estimate of drug-likeness (QED) is 0.830. The molecule has 138 valence electrons. The van der Waals surface area contributed by atoms with Crippen LogP contribution in [-0.4, -0.2) is 52.1 Å². The Hall–Kier alpha value is -1.58. The van der Waals surface area contributed by atoms with Gasteiger partial charge < -0.3 is 14.4 Å². The van der Waals surface area contributed by atoms with Gasteiger partial charge in [0, 0.05) is 19.6 Å². The normalized spacial score (nSPS) is 21.6. The van der Waals surface area contributed by atoms with E-state index in [0.717, 1.165) is 12.8 Å². The van der Waals surface area contributed by atoms with Crippen LogP contribution in [0.4, 0.5) is 0 Å². The number of thiophene rings is 1. The zero-order chi connectivity index (χ0) is 17.9. The summed E-state index contributed by atoms with van der Waals surface area (Å²) in [7, 11) is -3.47. The number of carbonyl (C=O) groups is 1. The van der Waals surface area contributed by atoms with Gasteiger partial charge in [-0.15, -0.1) is 11.3 Å². The topological polar surface area (TPSA) is 84.9 Å². The van der Waals surface area contributed by atoms with Crippen molar-refractivity contribution in [3.8, 4) is 0 Å². The van der Waals surface area contributed by atoms with E-state index < -0.39 is 10.0 Å². The predicted molar refractivity (Wildman–Crippen MR) is 93.4 cm³/mol. The number of piperidine rings is 1. The van der Waals surface area contributed by atoms with Crippen LogP contribution in [0.2, 0.25) is 0 Å². The first kappa shape index (κ1) is 18.2. The highest BCUT2D eigenvalue weighted by Gasteiger charge is 2.30. The van der Waals surface area contributed by atoms with E-state index in [9.17, 15) is 13.2 Å². The average molecular weight is 386 g/mol. The number of hydrogen-bond donors (Lipinski definition) is 1. The molecule has 1 fully saturated rings. The van der Waals surface area contributed by atoms with E-state index in [2.05, 4.69) is 4.72 Å². The summed E-state index contributed by atoms with van der Waals surface area (Å²) in [5.74, 6) is 0.684. The Balaban J connectivity index is 1.59. The molecule has 0 aliphatic carbocycles. The molecule has 7 nitrogen and oxygen atoms in total. The maximum absolute atomic E-state index is 12.6. The van der Waals surface area contributed by atoms with Gasteiger partial charge in [0.15, 0.2) is 0 Å². The van der Waals surface area contributed by atoms with E-state index in [1.165, 1.54) is 11.3 Å². The van der Waals surface area contributed by atoms with Crippen LogP contribution >= 0.6 is 11.3 Å². The smallest absolute Gasteiger partial charge is 0.292 e. The Morgan fingerprint density at radius 1 is 1.40 bits per heavy atom. The second-order valence-electron chi connectivity index (χ2n) is 6.13. The van der Waals surface area contributed by atoms with Crippen LogP contribution in [0.15, 0.2) is 33.2 Å². The van der Waals surface area contributed by atoms with E-state index in [4.69, 9.17) is 9.47 Å². The molecule has 0 spiro atoms. The molecular weight excluding hydrogens is 364 g/mol. The molecule has 3 rings (SSSR count). The molecule has 1 aromatic rings. The molecule has 1 unspecified atom stereocenters. The second kappa shape index (κ2) is 7.76. The van der Waals surface area contributed by atoms with Gasteiger partial charge >= 0.3 is 0 Å². The summed E-state index contributed by atoms with van der Waals surface area (Å²) in [6.45, 7) is 4.02. The fourth-order valence-electron chi connectivity index (χ4n) is 2.99. The first-order valence-electron chi connectivity index (χ1n) is 8.26. The summed E-state index contributed by atoms with van der Waals surface area (Å²) in [5, 5.41) is 1.73. The third kappa shape index (κ3) is 4.34. The van der Waals surface area contributed by atoms with Crippen molar-refractivity contribution in [2.24, 2.45) is 5.92 Å². The van der Waals surface area contributed by atoms with Crippen LogP contribution in [0.25, 0.3) is 0 Å². The van der Waals surface area contributed by atoms with Gasteiger partial charge in [0.05, 0.1) is 0 Å². The number of likely N-dealkylation sites (tertiary alicyclic amines) is 1. The maximum atomic E-state index is 12.6. The molecule has 1 N–H and O–H groups in total. The largest absolute Gasteiger partial charge is 0.491 e. The third-order valence-corrected chi connectivity index (χ3v) is 7.11.